The van der Waals surface area contributed by atoms with Crippen molar-refractivity contribution in [3.05, 3.63) is 0 Å². The first-order valence-electron chi connectivity index (χ1n) is 14.1. The van der Waals surface area contributed by atoms with Gasteiger partial charge in [0.25, 0.3) is 0 Å². The summed E-state index contributed by atoms with van der Waals surface area (Å²) in [6.45, 7) is 10.9. The van der Waals surface area contributed by atoms with Gasteiger partial charge in [-0.1, -0.05) is 149 Å². The minimum Gasteiger partial charge on any atom is -0.304 e. The lowest BCUT2D eigenvalue weighted by Gasteiger charge is -2.20. The van der Waals surface area contributed by atoms with Crippen molar-refractivity contribution in [2.24, 2.45) is 0 Å². The maximum Gasteiger partial charge on any atom is -0.00189 e. The predicted octanol–water partition coefficient (Wildman–Crippen LogP) is 9.93. The van der Waals surface area contributed by atoms with Gasteiger partial charge < -0.3 is 4.90 Å². The van der Waals surface area contributed by atoms with Crippen molar-refractivity contribution in [1.82, 2.24) is 4.90 Å². The van der Waals surface area contributed by atoms with Crippen molar-refractivity contribution in [2.45, 2.75) is 162 Å². The molecule has 0 saturated carbocycles. The van der Waals surface area contributed by atoms with E-state index in [9.17, 15) is 0 Å². The number of hydrogen-bond acceptors (Lipinski definition) is 1. The molecule has 0 aromatic rings. The number of hydrogen-bond donors (Lipinski definition) is 0. The van der Waals surface area contributed by atoms with Gasteiger partial charge in [0, 0.05) is 0 Å². The quantitative estimate of drug-likeness (QED) is 0.136. The van der Waals surface area contributed by atoms with E-state index in [2.05, 4.69) is 25.7 Å². The second-order valence-corrected chi connectivity index (χ2v) is 9.51. The summed E-state index contributed by atoms with van der Waals surface area (Å²) in [7, 11) is 0. The van der Waals surface area contributed by atoms with Gasteiger partial charge in [-0.25, -0.2) is 0 Å². The molecule has 0 N–H and O–H groups in total. The molecule has 176 valence electrons. The minimum absolute atomic E-state index is 1.24. The molecule has 0 amide bonds. The Kier molecular flexibility index (Phi) is 26.0. The van der Waals surface area contributed by atoms with E-state index in [1.807, 2.05) is 0 Å². The van der Waals surface area contributed by atoms with Crippen LogP contribution in [0.25, 0.3) is 0 Å². The second kappa shape index (κ2) is 26.0. The third-order valence-electron chi connectivity index (χ3n) is 6.60. The van der Waals surface area contributed by atoms with Gasteiger partial charge in [-0.2, -0.15) is 0 Å². The van der Waals surface area contributed by atoms with Gasteiger partial charge in [0.1, 0.15) is 0 Å². The Morgan fingerprint density at radius 1 is 0.310 bits per heavy atom. The van der Waals surface area contributed by atoms with Crippen LogP contribution in [-0.2, 0) is 0 Å². The van der Waals surface area contributed by atoms with Gasteiger partial charge in [0.2, 0.25) is 0 Å². The van der Waals surface area contributed by atoms with E-state index < -0.39 is 0 Å². The highest BCUT2D eigenvalue weighted by Crippen LogP contribution is 2.13. The first-order chi connectivity index (χ1) is 14.3. The first kappa shape index (κ1) is 29.0. The van der Waals surface area contributed by atoms with E-state index in [4.69, 9.17) is 0 Å². The molecule has 1 heteroatoms. The Labute approximate surface area is 186 Å². The highest BCUT2D eigenvalue weighted by molar-refractivity contribution is 4.57. The van der Waals surface area contributed by atoms with Crippen LogP contribution in [0.3, 0.4) is 0 Å². The molecule has 0 radical (unpaired) electrons. The average molecular weight is 410 g/mol. The van der Waals surface area contributed by atoms with Crippen molar-refractivity contribution in [3.8, 4) is 0 Å². The molecular weight excluding hydrogens is 350 g/mol. The fraction of sp³-hybridized carbons (Fsp3) is 1.00. The lowest BCUT2D eigenvalue weighted by atomic mass is 10.0. The zero-order valence-corrected chi connectivity index (χ0v) is 21.1. The normalized spacial score (nSPS) is 11.6. The summed E-state index contributed by atoms with van der Waals surface area (Å²) in [5, 5.41) is 0. The Balaban J connectivity index is 3.25. The van der Waals surface area contributed by atoms with Crippen LogP contribution in [0.4, 0.5) is 0 Å². The maximum atomic E-state index is 2.69. The van der Waals surface area contributed by atoms with E-state index in [-0.39, 0.29) is 0 Å². The fourth-order valence-electron chi connectivity index (χ4n) is 4.43. The summed E-state index contributed by atoms with van der Waals surface area (Å²) >= 11 is 0. The van der Waals surface area contributed by atoms with Crippen molar-refractivity contribution in [1.29, 1.82) is 0 Å². The molecule has 0 rings (SSSR count). The van der Waals surface area contributed by atoms with Crippen molar-refractivity contribution < 1.29 is 0 Å². The zero-order chi connectivity index (χ0) is 21.3. The van der Waals surface area contributed by atoms with E-state index in [1.54, 1.807) is 0 Å². The van der Waals surface area contributed by atoms with E-state index in [0.717, 1.165) is 0 Å². The molecule has 0 saturated heterocycles. The molecule has 0 spiro atoms. The summed E-state index contributed by atoms with van der Waals surface area (Å²) in [5.41, 5.74) is 0. The standard InChI is InChI=1S/C28H59N/c1-4-7-9-11-13-15-16-17-18-19-20-22-24-26-28-29(6-3)27-25-23-21-14-12-10-8-5-2/h4-28H2,1-3H3. The number of unbranched alkanes of at least 4 members (excludes halogenated alkanes) is 20. The van der Waals surface area contributed by atoms with Gasteiger partial charge in [-0.05, 0) is 32.5 Å². The van der Waals surface area contributed by atoms with Gasteiger partial charge >= 0.3 is 0 Å². The summed E-state index contributed by atoms with van der Waals surface area (Å²) in [6, 6.07) is 0. The number of nitrogens with zero attached hydrogens (tertiary/aromatic N) is 1. The lowest BCUT2D eigenvalue weighted by molar-refractivity contribution is 0.273. The van der Waals surface area contributed by atoms with Crippen molar-refractivity contribution >= 4 is 0 Å². The molecule has 0 bridgehead atoms. The lowest BCUT2D eigenvalue weighted by Crippen LogP contribution is -2.25. The summed E-state index contributed by atoms with van der Waals surface area (Å²) in [5.74, 6) is 0. The summed E-state index contributed by atoms with van der Waals surface area (Å²) in [6.07, 6.45) is 31.9. The van der Waals surface area contributed by atoms with Gasteiger partial charge in [0.15, 0.2) is 0 Å². The van der Waals surface area contributed by atoms with Crippen LogP contribution in [0.5, 0.6) is 0 Å². The van der Waals surface area contributed by atoms with Gasteiger partial charge in [-0.15, -0.1) is 0 Å². The summed E-state index contributed by atoms with van der Waals surface area (Å²) < 4.78 is 0. The Morgan fingerprint density at radius 2 is 0.552 bits per heavy atom. The number of rotatable bonds is 25. The van der Waals surface area contributed by atoms with Crippen molar-refractivity contribution in [2.75, 3.05) is 19.6 Å². The highest BCUT2D eigenvalue weighted by Gasteiger charge is 2.02. The van der Waals surface area contributed by atoms with E-state index >= 15 is 0 Å². The molecule has 29 heavy (non-hydrogen) atoms. The molecule has 0 aromatic carbocycles. The van der Waals surface area contributed by atoms with E-state index in [1.165, 1.54) is 161 Å². The van der Waals surface area contributed by atoms with Gasteiger partial charge in [0.05, 0.1) is 0 Å². The Bertz CT molecular complexity index is 275. The third-order valence-corrected chi connectivity index (χ3v) is 6.60. The van der Waals surface area contributed by atoms with Crippen LogP contribution in [-0.4, -0.2) is 24.5 Å². The largest absolute Gasteiger partial charge is 0.304 e. The summed E-state index contributed by atoms with van der Waals surface area (Å²) in [4.78, 5) is 2.69. The zero-order valence-electron chi connectivity index (χ0n) is 21.1. The first-order valence-corrected chi connectivity index (χ1v) is 14.1. The molecule has 0 aliphatic heterocycles. The molecule has 1 nitrogen and oxygen atoms in total. The molecule has 0 aliphatic rings. The molecule has 0 heterocycles. The van der Waals surface area contributed by atoms with Crippen LogP contribution < -0.4 is 0 Å². The van der Waals surface area contributed by atoms with E-state index in [0.29, 0.717) is 0 Å². The molecule has 0 aromatic heterocycles. The van der Waals surface area contributed by atoms with Gasteiger partial charge in [-0.3, -0.25) is 0 Å². The maximum absolute atomic E-state index is 2.69. The van der Waals surface area contributed by atoms with Crippen LogP contribution in [0.15, 0.2) is 0 Å². The SMILES string of the molecule is CCCCCCCCCCCCCCCCN(CC)CCCCCCCCCC. The molecule has 0 fully saturated rings. The third kappa shape index (κ3) is 24.1. The highest BCUT2D eigenvalue weighted by atomic mass is 15.1. The fourth-order valence-corrected chi connectivity index (χ4v) is 4.43. The van der Waals surface area contributed by atoms with Crippen LogP contribution >= 0.6 is 0 Å². The monoisotopic (exact) mass is 409 g/mol. The predicted molar refractivity (Wildman–Crippen MR) is 135 cm³/mol. The smallest absolute Gasteiger partial charge is 0.00189 e. The Hall–Kier alpha value is -0.0400. The van der Waals surface area contributed by atoms with Crippen LogP contribution in [0.1, 0.15) is 162 Å². The molecular formula is C28H59N. The van der Waals surface area contributed by atoms with Crippen LogP contribution in [0.2, 0.25) is 0 Å². The van der Waals surface area contributed by atoms with Crippen molar-refractivity contribution in [3.63, 3.8) is 0 Å². The topological polar surface area (TPSA) is 3.24 Å². The Morgan fingerprint density at radius 3 is 0.793 bits per heavy atom. The minimum atomic E-state index is 1.24. The molecule has 0 unspecified atom stereocenters. The molecule has 0 aliphatic carbocycles. The second-order valence-electron chi connectivity index (χ2n) is 9.51. The molecule has 0 atom stereocenters. The average Bonchev–Trinajstić information content (AvgIpc) is 2.74. The van der Waals surface area contributed by atoms with Crippen LogP contribution in [0, 0.1) is 0 Å².